The van der Waals surface area contributed by atoms with E-state index in [4.69, 9.17) is 17.2 Å². The summed E-state index contributed by atoms with van der Waals surface area (Å²) in [5.74, 6) is 0. The predicted molar refractivity (Wildman–Crippen MR) is 108 cm³/mol. The van der Waals surface area contributed by atoms with Crippen molar-refractivity contribution in [3.8, 4) is 22.3 Å². The maximum atomic E-state index is 6.51. The second kappa shape index (κ2) is 5.87. The molecule has 0 heterocycles. The number of hydrogen-bond donors (Lipinski definition) is 3. The Bertz CT molecular complexity index is 1050. The third-order valence-corrected chi connectivity index (χ3v) is 4.53. The van der Waals surface area contributed by atoms with Crippen LogP contribution >= 0.6 is 0 Å². The Kier molecular flexibility index (Phi) is 3.55. The van der Waals surface area contributed by atoms with E-state index >= 15 is 0 Å². The molecule has 0 bridgehead atoms. The van der Waals surface area contributed by atoms with E-state index in [0.29, 0.717) is 0 Å². The predicted octanol–water partition coefficient (Wildman–Crippen LogP) is 4.92. The van der Waals surface area contributed by atoms with E-state index < -0.39 is 0 Å². The van der Waals surface area contributed by atoms with Gasteiger partial charge in [0, 0.05) is 28.0 Å². The van der Waals surface area contributed by atoms with Crippen LogP contribution in [0.3, 0.4) is 0 Å². The molecule has 4 aromatic carbocycles. The lowest BCUT2D eigenvalue weighted by Crippen LogP contribution is -1.95. The molecule has 4 aromatic rings. The molecule has 3 nitrogen and oxygen atoms in total. The highest BCUT2D eigenvalue weighted by Gasteiger charge is 2.12. The first-order chi connectivity index (χ1) is 12.1. The molecule has 0 fully saturated rings. The number of hydrogen-bond acceptors (Lipinski definition) is 3. The molecule has 0 unspecified atom stereocenters. The average molecular weight is 325 g/mol. The van der Waals surface area contributed by atoms with E-state index in [1.54, 1.807) is 0 Å². The largest absolute Gasteiger partial charge is 0.399 e. The maximum absolute atomic E-state index is 6.51. The van der Waals surface area contributed by atoms with Crippen LogP contribution < -0.4 is 17.2 Å². The van der Waals surface area contributed by atoms with Gasteiger partial charge in [0.2, 0.25) is 0 Å². The Morgan fingerprint density at radius 1 is 0.480 bits per heavy atom. The number of nitrogen functional groups attached to an aromatic ring is 3. The summed E-state index contributed by atoms with van der Waals surface area (Å²) in [5, 5.41) is 2.17. The number of nitrogens with two attached hydrogens (primary N) is 3. The molecule has 0 aliphatic rings. The van der Waals surface area contributed by atoms with Crippen LogP contribution in [0.5, 0.6) is 0 Å². The molecule has 0 radical (unpaired) electrons. The second-order valence-electron chi connectivity index (χ2n) is 6.17. The Morgan fingerprint density at radius 2 is 0.960 bits per heavy atom. The minimum absolute atomic E-state index is 0.738. The second-order valence-corrected chi connectivity index (χ2v) is 6.17. The minimum atomic E-state index is 0.738. The highest BCUT2D eigenvalue weighted by molar-refractivity contribution is 6.08. The average Bonchev–Trinajstić information content (AvgIpc) is 2.64. The van der Waals surface area contributed by atoms with Crippen molar-refractivity contribution in [3.05, 3.63) is 78.9 Å². The highest BCUT2D eigenvalue weighted by Crippen LogP contribution is 2.39. The molecule has 0 aliphatic carbocycles. The number of fused-ring (bicyclic) bond motifs is 1. The van der Waals surface area contributed by atoms with E-state index in [9.17, 15) is 0 Å². The van der Waals surface area contributed by atoms with Crippen LogP contribution in [0.15, 0.2) is 78.9 Å². The van der Waals surface area contributed by atoms with Gasteiger partial charge in [-0.1, -0.05) is 48.5 Å². The Balaban J connectivity index is 2.03. The number of rotatable bonds is 2. The van der Waals surface area contributed by atoms with Crippen LogP contribution in [0.2, 0.25) is 0 Å². The van der Waals surface area contributed by atoms with E-state index in [-0.39, 0.29) is 0 Å². The van der Waals surface area contributed by atoms with Crippen molar-refractivity contribution < 1.29 is 0 Å². The molecule has 0 atom stereocenters. The summed E-state index contributed by atoms with van der Waals surface area (Å²) in [6, 6.07) is 26.1. The lowest BCUT2D eigenvalue weighted by Gasteiger charge is -2.15. The van der Waals surface area contributed by atoms with E-state index in [1.165, 1.54) is 0 Å². The first kappa shape index (κ1) is 15.1. The van der Waals surface area contributed by atoms with Gasteiger partial charge in [-0.3, -0.25) is 0 Å². The monoisotopic (exact) mass is 325 g/mol. The first-order valence-electron chi connectivity index (χ1n) is 8.16. The molecule has 122 valence electrons. The van der Waals surface area contributed by atoms with E-state index in [2.05, 4.69) is 18.2 Å². The normalized spacial score (nSPS) is 10.9. The molecule has 0 aliphatic heterocycles. The zero-order valence-corrected chi connectivity index (χ0v) is 13.7. The standard InChI is InChI=1S/C22H19N3/c23-16-9-5-14(6-10-16)20-13-21(15-7-11-17(24)12-8-15)22(25)19-4-2-1-3-18(19)20/h1-13H,23-25H2. The molecule has 0 amide bonds. The molecular formula is C22H19N3. The molecular weight excluding hydrogens is 306 g/mol. The fraction of sp³-hybridized carbons (Fsp3) is 0. The van der Waals surface area contributed by atoms with Crippen LogP contribution in [0.25, 0.3) is 33.0 Å². The summed E-state index contributed by atoms with van der Waals surface area (Å²) in [7, 11) is 0. The summed E-state index contributed by atoms with van der Waals surface area (Å²) in [5.41, 5.74) is 24.8. The van der Waals surface area contributed by atoms with Gasteiger partial charge in [-0.25, -0.2) is 0 Å². The van der Waals surface area contributed by atoms with Crippen molar-refractivity contribution >= 4 is 27.8 Å². The number of anilines is 3. The summed E-state index contributed by atoms with van der Waals surface area (Å²) in [4.78, 5) is 0. The van der Waals surface area contributed by atoms with E-state index in [1.807, 2.05) is 60.7 Å². The van der Waals surface area contributed by atoms with Crippen molar-refractivity contribution in [1.82, 2.24) is 0 Å². The lowest BCUT2D eigenvalue weighted by atomic mass is 9.91. The molecule has 25 heavy (non-hydrogen) atoms. The van der Waals surface area contributed by atoms with Crippen molar-refractivity contribution in [2.75, 3.05) is 17.2 Å². The fourth-order valence-corrected chi connectivity index (χ4v) is 3.20. The van der Waals surface area contributed by atoms with Crippen molar-refractivity contribution in [3.63, 3.8) is 0 Å². The van der Waals surface area contributed by atoms with Crippen molar-refractivity contribution in [2.24, 2.45) is 0 Å². The van der Waals surface area contributed by atoms with Crippen LogP contribution in [0.4, 0.5) is 17.1 Å². The zero-order chi connectivity index (χ0) is 17.4. The Labute approximate surface area is 146 Å². The highest BCUT2D eigenvalue weighted by atomic mass is 14.6. The summed E-state index contributed by atoms with van der Waals surface area (Å²) >= 11 is 0. The third kappa shape index (κ3) is 2.66. The van der Waals surface area contributed by atoms with Crippen molar-refractivity contribution in [2.45, 2.75) is 0 Å². The SMILES string of the molecule is Nc1ccc(-c2cc(-c3ccc(N)cc3)c3ccccc3c2N)cc1. The van der Waals surface area contributed by atoms with Gasteiger partial charge in [0.25, 0.3) is 0 Å². The molecule has 6 N–H and O–H groups in total. The van der Waals surface area contributed by atoms with Gasteiger partial charge in [0.05, 0.1) is 0 Å². The van der Waals surface area contributed by atoms with Gasteiger partial charge in [0.15, 0.2) is 0 Å². The lowest BCUT2D eigenvalue weighted by molar-refractivity contribution is 1.60. The minimum Gasteiger partial charge on any atom is -0.399 e. The van der Waals surface area contributed by atoms with Crippen LogP contribution in [-0.2, 0) is 0 Å². The van der Waals surface area contributed by atoms with E-state index in [0.717, 1.165) is 50.1 Å². The van der Waals surface area contributed by atoms with Crippen LogP contribution in [0, 0.1) is 0 Å². The molecule has 0 saturated carbocycles. The van der Waals surface area contributed by atoms with Gasteiger partial charge in [0.1, 0.15) is 0 Å². The van der Waals surface area contributed by atoms with Crippen molar-refractivity contribution in [1.29, 1.82) is 0 Å². The summed E-state index contributed by atoms with van der Waals surface area (Å²) < 4.78 is 0. The Morgan fingerprint density at radius 3 is 1.52 bits per heavy atom. The zero-order valence-electron chi connectivity index (χ0n) is 13.7. The summed E-state index contributed by atoms with van der Waals surface area (Å²) in [6.07, 6.45) is 0. The molecule has 0 aromatic heterocycles. The maximum Gasteiger partial charge on any atom is 0.0473 e. The topological polar surface area (TPSA) is 78.1 Å². The third-order valence-electron chi connectivity index (χ3n) is 4.53. The Hall–Kier alpha value is -3.46. The van der Waals surface area contributed by atoms with Crippen LogP contribution in [-0.4, -0.2) is 0 Å². The molecule has 4 rings (SSSR count). The quantitative estimate of drug-likeness (QED) is 0.458. The first-order valence-corrected chi connectivity index (χ1v) is 8.16. The van der Waals surface area contributed by atoms with Gasteiger partial charge in [-0.15, -0.1) is 0 Å². The fourth-order valence-electron chi connectivity index (χ4n) is 3.20. The molecule has 0 saturated heterocycles. The summed E-state index contributed by atoms with van der Waals surface area (Å²) in [6.45, 7) is 0. The van der Waals surface area contributed by atoms with Gasteiger partial charge < -0.3 is 17.2 Å². The van der Waals surface area contributed by atoms with Crippen LogP contribution in [0.1, 0.15) is 0 Å². The molecule has 3 heteroatoms. The van der Waals surface area contributed by atoms with Gasteiger partial charge in [-0.2, -0.15) is 0 Å². The van der Waals surface area contributed by atoms with Gasteiger partial charge >= 0.3 is 0 Å². The number of benzene rings is 4. The van der Waals surface area contributed by atoms with Gasteiger partial charge in [-0.05, 0) is 52.4 Å². The smallest absolute Gasteiger partial charge is 0.0473 e. The molecule has 0 spiro atoms.